The van der Waals surface area contributed by atoms with Gasteiger partial charge in [-0.25, -0.2) is 4.98 Å². The van der Waals surface area contributed by atoms with Gasteiger partial charge in [0.1, 0.15) is 16.5 Å². The van der Waals surface area contributed by atoms with Crippen LogP contribution in [0.15, 0.2) is 16.7 Å². The monoisotopic (exact) mass is 374 g/mol. The van der Waals surface area contributed by atoms with Crippen molar-refractivity contribution in [1.82, 2.24) is 9.88 Å². The summed E-state index contributed by atoms with van der Waals surface area (Å²) in [5.41, 5.74) is 1.48. The molecule has 98 valence electrons. The van der Waals surface area contributed by atoms with E-state index in [1.165, 1.54) is 32.5 Å². The molecule has 0 saturated carbocycles. The van der Waals surface area contributed by atoms with Crippen molar-refractivity contribution < 1.29 is 4.74 Å². The number of pyridine rings is 1. The Bertz CT molecular complexity index is 482. The first-order chi connectivity index (χ1) is 8.25. The van der Waals surface area contributed by atoms with Gasteiger partial charge in [-0.2, -0.15) is 0 Å². The van der Waals surface area contributed by atoms with E-state index in [0.29, 0.717) is 11.5 Å². The third-order valence-corrected chi connectivity index (χ3v) is 4.98. The maximum atomic E-state index is 6.20. The molecular weight excluding hydrogens is 360 g/mol. The third-order valence-electron chi connectivity index (χ3n) is 4.54. The van der Waals surface area contributed by atoms with Gasteiger partial charge in [0.15, 0.2) is 0 Å². The molecule has 1 aromatic rings. The van der Waals surface area contributed by atoms with E-state index >= 15 is 0 Å². The van der Waals surface area contributed by atoms with Crippen LogP contribution in [0, 0.1) is 5.41 Å². The average Bonchev–Trinajstić information content (AvgIpc) is 2.64. The Balaban J connectivity index is 0.000001000. The van der Waals surface area contributed by atoms with Gasteiger partial charge in [-0.05, 0) is 47.4 Å². The number of ether oxygens (including phenoxy) is 1. The maximum Gasteiger partial charge on any atom is 0.141 e. The summed E-state index contributed by atoms with van der Waals surface area (Å²) < 4.78 is 7.12. The molecule has 2 saturated heterocycles. The van der Waals surface area contributed by atoms with Crippen molar-refractivity contribution in [3.05, 3.63) is 22.4 Å². The minimum atomic E-state index is 0. The highest BCUT2D eigenvalue weighted by molar-refractivity contribution is 9.10. The van der Waals surface area contributed by atoms with E-state index in [9.17, 15) is 0 Å². The zero-order valence-corrected chi connectivity index (χ0v) is 13.4. The Hall–Kier alpha value is -0.130. The van der Waals surface area contributed by atoms with Crippen LogP contribution in [-0.4, -0.2) is 35.6 Å². The summed E-state index contributed by atoms with van der Waals surface area (Å²) in [4.78, 5) is 7.16. The van der Waals surface area contributed by atoms with Crippen LogP contribution in [0.2, 0.25) is 0 Å². The predicted molar refractivity (Wildman–Crippen MR) is 78.5 cm³/mol. The lowest BCUT2D eigenvalue weighted by Gasteiger charge is -2.44. The summed E-state index contributed by atoms with van der Waals surface area (Å²) in [6.07, 6.45) is 3.95. The van der Waals surface area contributed by atoms with E-state index < -0.39 is 0 Å². The van der Waals surface area contributed by atoms with Gasteiger partial charge in [-0.1, -0.05) is 0 Å². The number of halogens is 2. The lowest BCUT2D eigenvalue weighted by molar-refractivity contribution is -0.00199. The van der Waals surface area contributed by atoms with Crippen LogP contribution >= 0.6 is 32.9 Å². The summed E-state index contributed by atoms with van der Waals surface area (Å²) in [5.74, 6) is 1.00. The maximum absolute atomic E-state index is 6.20. The summed E-state index contributed by atoms with van der Waals surface area (Å²) in [7, 11) is 0. The van der Waals surface area contributed by atoms with Crippen molar-refractivity contribution in [2.75, 3.05) is 19.6 Å². The van der Waals surface area contributed by atoms with Gasteiger partial charge in [0, 0.05) is 24.9 Å². The molecule has 4 rings (SSSR count). The Morgan fingerprint density at radius 2 is 2.28 bits per heavy atom. The standard InChI is InChI=1S/C13H15BrN2O.BrH/c14-12-2-1-10-9(15-12)7-13-4-6-16(8-13)5-3-11(13)17-10;/h1-2,11H,3-8H2;1H. The molecule has 3 aliphatic rings. The van der Waals surface area contributed by atoms with Crippen molar-refractivity contribution in [3.63, 3.8) is 0 Å². The molecule has 2 fully saturated rings. The zero-order chi connectivity index (χ0) is 11.5. The van der Waals surface area contributed by atoms with Crippen molar-refractivity contribution in [1.29, 1.82) is 0 Å². The van der Waals surface area contributed by atoms with Crippen LogP contribution in [-0.2, 0) is 6.42 Å². The number of fused-ring (bicyclic) bond motifs is 2. The molecule has 1 spiro atoms. The molecule has 0 radical (unpaired) electrons. The van der Waals surface area contributed by atoms with Gasteiger partial charge >= 0.3 is 0 Å². The predicted octanol–water partition coefficient (Wildman–Crippen LogP) is 2.82. The quantitative estimate of drug-likeness (QED) is 0.652. The number of aromatic nitrogens is 1. The fourth-order valence-corrected chi connectivity index (χ4v) is 4.01. The van der Waals surface area contributed by atoms with Crippen molar-refractivity contribution >= 4 is 32.9 Å². The molecule has 0 amide bonds. The van der Waals surface area contributed by atoms with E-state index in [4.69, 9.17) is 4.74 Å². The van der Waals surface area contributed by atoms with Crippen molar-refractivity contribution in [3.8, 4) is 5.75 Å². The first-order valence-electron chi connectivity index (χ1n) is 6.30. The molecule has 3 nitrogen and oxygen atoms in total. The van der Waals surface area contributed by atoms with Crippen molar-refractivity contribution in [2.45, 2.75) is 25.4 Å². The smallest absolute Gasteiger partial charge is 0.141 e. The number of nitrogens with zero attached hydrogens (tertiary/aromatic N) is 2. The van der Waals surface area contributed by atoms with Crippen LogP contribution < -0.4 is 4.74 Å². The number of hydrogen-bond donors (Lipinski definition) is 0. The minimum Gasteiger partial charge on any atom is -0.488 e. The highest BCUT2D eigenvalue weighted by Crippen LogP contribution is 2.48. The lowest BCUT2D eigenvalue weighted by atomic mass is 9.73. The second-order valence-electron chi connectivity index (χ2n) is 5.54. The largest absolute Gasteiger partial charge is 0.488 e. The van der Waals surface area contributed by atoms with Crippen LogP contribution in [0.5, 0.6) is 5.75 Å². The van der Waals surface area contributed by atoms with Gasteiger partial charge in [0.2, 0.25) is 0 Å². The van der Waals surface area contributed by atoms with E-state index in [2.05, 4.69) is 31.9 Å². The topological polar surface area (TPSA) is 25.4 Å². The van der Waals surface area contributed by atoms with Crippen LogP contribution in [0.4, 0.5) is 0 Å². The molecule has 5 heteroatoms. The molecule has 3 atom stereocenters. The summed E-state index contributed by atoms with van der Waals surface area (Å²) >= 11 is 3.45. The fraction of sp³-hybridized carbons (Fsp3) is 0.615. The van der Waals surface area contributed by atoms with Crippen molar-refractivity contribution in [2.24, 2.45) is 5.41 Å². The summed E-state index contributed by atoms with van der Waals surface area (Å²) in [5, 5.41) is 0. The van der Waals surface area contributed by atoms with E-state index in [1.807, 2.05) is 6.07 Å². The van der Waals surface area contributed by atoms with E-state index in [0.717, 1.165) is 22.5 Å². The van der Waals surface area contributed by atoms with Gasteiger partial charge < -0.3 is 9.64 Å². The van der Waals surface area contributed by atoms with Gasteiger partial charge in [-0.3, -0.25) is 0 Å². The highest BCUT2D eigenvalue weighted by Gasteiger charge is 2.51. The molecule has 0 N–H and O–H groups in total. The zero-order valence-electron chi connectivity index (χ0n) is 10.1. The average molecular weight is 376 g/mol. The number of hydrogen-bond acceptors (Lipinski definition) is 3. The molecule has 2 bridgehead atoms. The minimum absolute atomic E-state index is 0. The Morgan fingerprint density at radius 1 is 1.39 bits per heavy atom. The van der Waals surface area contributed by atoms with Gasteiger partial charge in [0.05, 0.1) is 5.69 Å². The molecular formula is C13H16Br2N2O. The molecule has 3 aliphatic heterocycles. The Morgan fingerprint density at radius 3 is 3.17 bits per heavy atom. The molecule has 3 unspecified atom stereocenters. The van der Waals surface area contributed by atoms with Gasteiger partial charge in [-0.15, -0.1) is 17.0 Å². The number of rotatable bonds is 0. The summed E-state index contributed by atoms with van der Waals surface area (Å²) in [6, 6.07) is 4.03. The third kappa shape index (κ3) is 1.82. The SMILES string of the molecule is Br.Brc1ccc2c(n1)CC13CCN(CCC1O2)C3. The first-order valence-corrected chi connectivity index (χ1v) is 7.09. The van der Waals surface area contributed by atoms with E-state index in [1.54, 1.807) is 0 Å². The molecule has 1 aromatic heterocycles. The van der Waals surface area contributed by atoms with Crippen LogP contribution in [0.25, 0.3) is 0 Å². The fourth-order valence-electron chi connectivity index (χ4n) is 3.67. The normalized spacial score (nSPS) is 36.1. The molecule has 0 aromatic carbocycles. The molecule has 18 heavy (non-hydrogen) atoms. The second-order valence-corrected chi connectivity index (χ2v) is 6.35. The second kappa shape index (κ2) is 4.46. The number of piperidine rings is 1. The molecule has 4 heterocycles. The Labute approximate surface area is 126 Å². The summed E-state index contributed by atoms with van der Waals surface area (Å²) in [6.45, 7) is 3.64. The van der Waals surface area contributed by atoms with Crippen LogP contribution in [0.3, 0.4) is 0 Å². The highest BCUT2D eigenvalue weighted by atomic mass is 79.9. The Kier molecular flexibility index (Phi) is 3.19. The van der Waals surface area contributed by atoms with E-state index in [-0.39, 0.29) is 17.0 Å². The first kappa shape index (κ1) is 12.9. The molecule has 0 aliphatic carbocycles. The lowest BCUT2D eigenvalue weighted by Crippen LogP contribution is -2.50. The van der Waals surface area contributed by atoms with Crippen LogP contribution in [0.1, 0.15) is 18.5 Å². The van der Waals surface area contributed by atoms with Gasteiger partial charge in [0.25, 0.3) is 0 Å².